The molecule has 2 atom stereocenters. The quantitative estimate of drug-likeness (QED) is 0.744. The molecule has 1 amide bonds. The first-order chi connectivity index (χ1) is 8.78. The van der Waals surface area contributed by atoms with Crippen molar-refractivity contribution in [2.45, 2.75) is 25.2 Å². The Morgan fingerprint density at radius 2 is 2.21 bits per heavy atom. The molecule has 5 nitrogen and oxygen atoms in total. The van der Waals surface area contributed by atoms with Crippen LogP contribution in [0.1, 0.15) is 6.92 Å². The zero-order chi connectivity index (χ0) is 14.5. The number of carbonyl (C=O) groups is 1. The van der Waals surface area contributed by atoms with Crippen molar-refractivity contribution in [2.75, 3.05) is 39.8 Å². The van der Waals surface area contributed by atoms with Crippen molar-refractivity contribution in [2.24, 2.45) is 0 Å². The van der Waals surface area contributed by atoms with E-state index in [1.54, 1.807) is 0 Å². The molecule has 0 spiro atoms. The minimum absolute atomic E-state index is 0.0448. The normalized spacial score (nSPS) is 23.1. The molecule has 1 fully saturated rings. The molecule has 8 heteroatoms. The lowest BCUT2D eigenvalue weighted by Gasteiger charge is -2.30. The second-order valence-electron chi connectivity index (χ2n) is 4.72. The first kappa shape index (κ1) is 16.2. The van der Waals surface area contributed by atoms with Crippen LogP contribution < -0.4 is 10.6 Å². The van der Waals surface area contributed by atoms with Crippen LogP contribution in [-0.4, -0.2) is 69.0 Å². The van der Waals surface area contributed by atoms with E-state index in [1.165, 1.54) is 6.92 Å². The van der Waals surface area contributed by atoms with Crippen LogP contribution >= 0.6 is 0 Å². The van der Waals surface area contributed by atoms with Crippen molar-refractivity contribution in [3.05, 3.63) is 0 Å². The maximum absolute atomic E-state index is 11.9. The Balaban J connectivity index is 2.22. The Bertz CT molecular complexity index is 299. The molecule has 1 heterocycles. The predicted molar refractivity (Wildman–Crippen MR) is 63.8 cm³/mol. The lowest BCUT2D eigenvalue weighted by molar-refractivity contribution is -0.139. The number of hydrogen-bond donors (Lipinski definition) is 2. The number of nitrogens with zero attached hydrogens (tertiary/aromatic N) is 1. The van der Waals surface area contributed by atoms with Gasteiger partial charge in [-0.15, -0.1) is 0 Å². The van der Waals surface area contributed by atoms with Gasteiger partial charge < -0.3 is 20.3 Å². The second kappa shape index (κ2) is 7.06. The monoisotopic (exact) mass is 283 g/mol. The summed E-state index contributed by atoms with van der Waals surface area (Å²) in [5, 5.41) is 4.72. The minimum Gasteiger partial charge on any atom is -0.374 e. The largest absolute Gasteiger partial charge is 0.405 e. The standard InChI is InChI=1S/C11H20F3N3O2/c1-8(10(18)16-7-11(12,13)14)15-5-9-6-17(2)3-4-19-9/h8-9,15H,3-7H2,1-2H3,(H,16,18)/t8-,9-/m0/s1. The van der Waals surface area contributed by atoms with Gasteiger partial charge in [0, 0.05) is 19.6 Å². The summed E-state index contributed by atoms with van der Waals surface area (Å²) in [6.45, 7) is 2.88. The van der Waals surface area contributed by atoms with Gasteiger partial charge >= 0.3 is 6.18 Å². The minimum atomic E-state index is -4.38. The molecule has 0 bridgehead atoms. The molecule has 1 aliphatic heterocycles. The van der Waals surface area contributed by atoms with E-state index in [0.717, 1.165) is 13.1 Å². The van der Waals surface area contributed by atoms with Crippen molar-refractivity contribution in [1.82, 2.24) is 15.5 Å². The Hall–Kier alpha value is -0.860. The highest BCUT2D eigenvalue weighted by atomic mass is 19.4. The number of nitrogens with one attached hydrogen (secondary N) is 2. The highest BCUT2D eigenvalue weighted by Crippen LogP contribution is 2.12. The van der Waals surface area contributed by atoms with Crippen LogP contribution in [0.3, 0.4) is 0 Å². The van der Waals surface area contributed by atoms with Crippen LogP contribution in [0.2, 0.25) is 0 Å². The van der Waals surface area contributed by atoms with E-state index in [-0.39, 0.29) is 6.10 Å². The maximum atomic E-state index is 11.9. The Morgan fingerprint density at radius 3 is 2.79 bits per heavy atom. The van der Waals surface area contributed by atoms with Gasteiger partial charge in [0.25, 0.3) is 0 Å². The predicted octanol–water partition coefficient (Wildman–Crippen LogP) is -0.0264. The summed E-state index contributed by atoms with van der Waals surface area (Å²) in [6.07, 6.45) is -4.43. The average molecular weight is 283 g/mol. The van der Waals surface area contributed by atoms with Crippen molar-refractivity contribution in [3.8, 4) is 0 Å². The molecule has 2 N–H and O–H groups in total. The van der Waals surface area contributed by atoms with E-state index in [1.807, 2.05) is 12.4 Å². The van der Waals surface area contributed by atoms with Crippen LogP contribution in [0.5, 0.6) is 0 Å². The molecule has 1 aliphatic rings. The number of hydrogen-bond acceptors (Lipinski definition) is 4. The highest BCUT2D eigenvalue weighted by molar-refractivity contribution is 5.81. The summed E-state index contributed by atoms with van der Waals surface area (Å²) in [6, 6.07) is -0.682. The zero-order valence-corrected chi connectivity index (χ0v) is 11.1. The van der Waals surface area contributed by atoms with E-state index in [4.69, 9.17) is 4.74 Å². The highest BCUT2D eigenvalue weighted by Gasteiger charge is 2.28. The number of halogens is 3. The van der Waals surface area contributed by atoms with E-state index in [2.05, 4.69) is 10.2 Å². The Kier molecular flexibility index (Phi) is 6.02. The van der Waals surface area contributed by atoms with Gasteiger partial charge in [-0.2, -0.15) is 13.2 Å². The third-order valence-corrected chi connectivity index (χ3v) is 2.85. The van der Waals surface area contributed by atoms with E-state index < -0.39 is 24.7 Å². The molecule has 19 heavy (non-hydrogen) atoms. The van der Waals surface area contributed by atoms with Crippen LogP contribution in [0, 0.1) is 0 Å². The smallest absolute Gasteiger partial charge is 0.374 e. The Labute approximate surface area is 110 Å². The average Bonchev–Trinajstić information content (AvgIpc) is 2.32. The molecule has 0 aromatic heterocycles. The molecule has 0 aliphatic carbocycles. The molecular formula is C11H20F3N3O2. The number of likely N-dealkylation sites (N-methyl/N-ethyl adjacent to an activating group) is 1. The number of alkyl halides is 3. The summed E-state index contributed by atoms with van der Waals surface area (Å²) in [4.78, 5) is 13.5. The first-order valence-electron chi connectivity index (χ1n) is 6.16. The second-order valence-corrected chi connectivity index (χ2v) is 4.72. The van der Waals surface area contributed by atoms with Gasteiger partial charge in [0.15, 0.2) is 0 Å². The van der Waals surface area contributed by atoms with Crippen molar-refractivity contribution in [3.63, 3.8) is 0 Å². The van der Waals surface area contributed by atoms with E-state index >= 15 is 0 Å². The summed E-state index contributed by atoms with van der Waals surface area (Å²) < 4.78 is 41.3. The zero-order valence-electron chi connectivity index (χ0n) is 11.1. The Morgan fingerprint density at radius 1 is 1.53 bits per heavy atom. The van der Waals surface area contributed by atoms with Gasteiger partial charge in [0.1, 0.15) is 6.54 Å². The van der Waals surface area contributed by atoms with Gasteiger partial charge in [-0.1, -0.05) is 0 Å². The van der Waals surface area contributed by atoms with Gasteiger partial charge in [-0.05, 0) is 14.0 Å². The SMILES string of the molecule is C[C@H](NC[C@H]1CN(C)CCO1)C(=O)NCC(F)(F)F. The first-order valence-corrected chi connectivity index (χ1v) is 6.16. The van der Waals surface area contributed by atoms with Gasteiger partial charge in [0.2, 0.25) is 5.91 Å². The van der Waals surface area contributed by atoms with Crippen LogP contribution in [0.25, 0.3) is 0 Å². The topological polar surface area (TPSA) is 53.6 Å². The van der Waals surface area contributed by atoms with Crippen LogP contribution in [-0.2, 0) is 9.53 Å². The summed E-state index contributed by atoms with van der Waals surface area (Å²) in [5.74, 6) is -0.665. The molecule has 112 valence electrons. The van der Waals surface area contributed by atoms with Crippen LogP contribution in [0.15, 0.2) is 0 Å². The van der Waals surface area contributed by atoms with E-state index in [9.17, 15) is 18.0 Å². The summed E-state index contributed by atoms with van der Waals surface area (Å²) >= 11 is 0. The fourth-order valence-corrected chi connectivity index (χ4v) is 1.73. The molecular weight excluding hydrogens is 263 g/mol. The van der Waals surface area contributed by atoms with Gasteiger partial charge in [0.05, 0.1) is 18.8 Å². The lowest BCUT2D eigenvalue weighted by Crippen LogP contribution is -2.50. The van der Waals surface area contributed by atoms with Crippen molar-refractivity contribution >= 4 is 5.91 Å². The van der Waals surface area contributed by atoms with E-state index in [0.29, 0.717) is 13.2 Å². The molecule has 0 aromatic rings. The van der Waals surface area contributed by atoms with Crippen molar-refractivity contribution in [1.29, 1.82) is 0 Å². The molecule has 1 rings (SSSR count). The third-order valence-electron chi connectivity index (χ3n) is 2.85. The lowest BCUT2D eigenvalue weighted by atomic mass is 10.2. The fraction of sp³-hybridized carbons (Fsp3) is 0.909. The summed E-state index contributed by atoms with van der Waals surface area (Å²) in [7, 11) is 1.97. The molecule has 0 saturated carbocycles. The molecule has 0 unspecified atom stereocenters. The third kappa shape index (κ3) is 6.74. The molecule has 0 radical (unpaired) electrons. The number of carbonyl (C=O) groups excluding carboxylic acids is 1. The maximum Gasteiger partial charge on any atom is 0.405 e. The van der Waals surface area contributed by atoms with Crippen molar-refractivity contribution < 1.29 is 22.7 Å². The number of amides is 1. The number of ether oxygens (including phenoxy) is 1. The molecule has 0 aromatic carbocycles. The summed E-state index contributed by atoms with van der Waals surface area (Å²) in [5.41, 5.74) is 0. The number of morpholine rings is 1. The van der Waals surface area contributed by atoms with Gasteiger partial charge in [-0.3, -0.25) is 4.79 Å². The van der Waals surface area contributed by atoms with Crippen LogP contribution in [0.4, 0.5) is 13.2 Å². The fourth-order valence-electron chi connectivity index (χ4n) is 1.73. The number of rotatable bonds is 5. The van der Waals surface area contributed by atoms with Gasteiger partial charge in [-0.25, -0.2) is 0 Å². The molecule has 1 saturated heterocycles.